The van der Waals surface area contributed by atoms with E-state index < -0.39 is 0 Å². The predicted molar refractivity (Wildman–Crippen MR) is 96.8 cm³/mol. The summed E-state index contributed by atoms with van der Waals surface area (Å²) in [7, 11) is 2.02. The highest BCUT2D eigenvalue weighted by molar-refractivity contribution is 14.0. The van der Waals surface area contributed by atoms with Gasteiger partial charge in [-0.05, 0) is 30.0 Å². The first-order valence-corrected chi connectivity index (χ1v) is 7.31. The minimum atomic E-state index is 0. The van der Waals surface area contributed by atoms with E-state index in [1.165, 1.54) is 10.4 Å². The summed E-state index contributed by atoms with van der Waals surface area (Å²) in [6, 6.07) is 6.28. The second kappa shape index (κ2) is 9.02. The van der Waals surface area contributed by atoms with Crippen LogP contribution in [0.3, 0.4) is 0 Å². The monoisotopic (exact) mass is 404 g/mol. The van der Waals surface area contributed by atoms with E-state index in [2.05, 4.69) is 52.3 Å². The van der Waals surface area contributed by atoms with Crippen molar-refractivity contribution in [1.29, 1.82) is 0 Å². The highest BCUT2D eigenvalue weighted by Crippen LogP contribution is 2.07. The molecule has 6 heteroatoms. The molecule has 0 aliphatic heterocycles. The van der Waals surface area contributed by atoms with Gasteiger partial charge in [0.05, 0.1) is 13.1 Å². The topological polar surface area (TPSA) is 41.4 Å². The molecule has 2 heterocycles. The molecule has 0 atom stereocenters. The zero-order valence-corrected chi connectivity index (χ0v) is 14.9. The van der Waals surface area contributed by atoms with Crippen LogP contribution in [0.1, 0.15) is 17.4 Å². The summed E-state index contributed by atoms with van der Waals surface area (Å²) in [5.74, 6) is 0.861. The number of rotatable bonds is 5. The number of aliphatic imine (C=N–C) groups is 1. The molecule has 0 saturated carbocycles. The highest BCUT2D eigenvalue weighted by Gasteiger charge is 1.99. The Balaban J connectivity index is 0.00000200. The molecule has 2 aromatic heterocycles. The number of halogens is 1. The predicted octanol–water partition coefficient (Wildman–Crippen LogP) is 2.96. The summed E-state index contributed by atoms with van der Waals surface area (Å²) >= 11 is 1.75. The number of aryl methyl sites for hydroxylation is 1. The van der Waals surface area contributed by atoms with Crippen molar-refractivity contribution in [2.24, 2.45) is 12.0 Å². The summed E-state index contributed by atoms with van der Waals surface area (Å²) in [4.78, 5) is 5.89. The fraction of sp³-hybridized carbons (Fsp3) is 0.357. The molecule has 2 rings (SSSR count). The summed E-state index contributed by atoms with van der Waals surface area (Å²) in [5, 5.41) is 8.69. The molecule has 0 spiro atoms. The molecule has 0 aromatic carbocycles. The standard InChI is InChI=1S/C14H20N4S.HI/c1-3-15-14(17-10-13-5-4-8-19-13)16-9-12-6-7-18(2)11-12;/h4-8,11H,3,9-10H2,1-2H3,(H2,15,16,17);1H. The van der Waals surface area contributed by atoms with Crippen LogP contribution in [0.15, 0.2) is 41.0 Å². The minimum Gasteiger partial charge on any atom is -0.357 e. The van der Waals surface area contributed by atoms with Crippen LogP contribution in [0.4, 0.5) is 0 Å². The second-order valence-corrected chi connectivity index (χ2v) is 5.35. The number of hydrogen-bond acceptors (Lipinski definition) is 2. The fourth-order valence-corrected chi connectivity index (χ4v) is 2.40. The third-order valence-electron chi connectivity index (χ3n) is 2.67. The normalized spacial score (nSPS) is 11.0. The maximum absolute atomic E-state index is 4.58. The largest absolute Gasteiger partial charge is 0.357 e. The van der Waals surface area contributed by atoms with E-state index in [-0.39, 0.29) is 24.0 Å². The molecule has 4 nitrogen and oxygen atoms in total. The zero-order chi connectivity index (χ0) is 13.5. The van der Waals surface area contributed by atoms with Crippen molar-refractivity contribution < 1.29 is 0 Å². The Kier molecular flexibility index (Phi) is 7.68. The molecule has 0 saturated heterocycles. The lowest BCUT2D eigenvalue weighted by atomic mass is 10.3. The lowest BCUT2D eigenvalue weighted by Crippen LogP contribution is -2.36. The Labute approximate surface area is 141 Å². The van der Waals surface area contributed by atoms with Gasteiger partial charge in [-0.25, -0.2) is 4.99 Å². The number of hydrogen-bond donors (Lipinski definition) is 2. The average Bonchev–Trinajstić information content (AvgIpc) is 3.04. The van der Waals surface area contributed by atoms with E-state index in [1.807, 2.05) is 17.8 Å². The SMILES string of the molecule is CCNC(=NCc1ccn(C)c1)NCc1cccs1.I. The average molecular weight is 404 g/mol. The van der Waals surface area contributed by atoms with Gasteiger partial charge in [-0.1, -0.05) is 6.07 Å². The summed E-state index contributed by atoms with van der Waals surface area (Å²) in [5.41, 5.74) is 1.22. The molecule has 2 N–H and O–H groups in total. The fourth-order valence-electron chi connectivity index (χ4n) is 1.75. The number of aromatic nitrogens is 1. The van der Waals surface area contributed by atoms with Crippen LogP contribution < -0.4 is 10.6 Å². The Bertz CT molecular complexity index is 519. The van der Waals surface area contributed by atoms with Crippen LogP contribution in [-0.2, 0) is 20.1 Å². The van der Waals surface area contributed by atoms with E-state index >= 15 is 0 Å². The molecule has 0 radical (unpaired) electrons. The van der Waals surface area contributed by atoms with E-state index in [0.29, 0.717) is 6.54 Å². The molecule has 0 aliphatic carbocycles. The highest BCUT2D eigenvalue weighted by atomic mass is 127. The molecule has 0 aliphatic rings. The van der Waals surface area contributed by atoms with Crippen LogP contribution in [0.5, 0.6) is 0 Å². The van der Waals surface area contributed by atoms with Crippen LogP contribution in [0.25, 0.3) is 0 Å². The first-order valence-electron chi connectivity index (χ1n) is 6.43. The number of thiophene rings is 1. The van der Waals surface area contributed by atoms with Gasteiger partial charge in [0.15, 0.2) is 5.96 Å². The Morgan fingerprint density at radius 2 is 2.20 bits per heavy atom. The first-order chi connectivity index (χ1) is 9.28. The molecule has 20 heavy (non-hydrogen) atoms. The summed E-state index contributed by atoms with van der Waals surface area (Å²) in [6.07, 6.45) is 4.13. The van der Waals surface area contributed by atoms with Gasteiger partial charge in [0.25, 0.3) is 0 Å². The Hall–Kier alpha value is -1.02. The van der Waals surface area contributed by atoms with Gasteiger partial charge in [-0.15, -0.1) is 35.3 Å². The van der Waals surface area contributed by atoms with Crippen molar-refractivity contribution in [3.63, 3.8) is 0 Å². The van der Waals surface area contributed by atoms with Gasteiger partial charge in [0.1, 0.15) is 0 Å². The quantitative estimate of drug-likeness (QED) is 0.457. The molecule has 0 unspecified atom stereocenters. The van der Waals surface area contributed by atoms with Crippen molar-refractivity contribution in [2.75, 3.05) is 6.54 Å². The molecular formula is C14H21IN4S. The smallest absolute Gasteiger partial charge is 0.191 e. The molecule has 110 valence electrons. The van der Waals surface area contributed by atoms with Crippen LogP contribution in [0.2, 0.25) is 0 Å². The van der Waals surface area contributed by atoms with Gasteiger partial charge < -0.3 is 15.2 Å². The third kappa shape index (κ3) is 5.54. The van der Waals surface area contributed by atoms with Crippen molar-refractivity contribution in [1.82, 2.24) is 15.2 Å². The van der Waals surface area contributed by atoms with Crippen molar-refractivity contribution >= 4 is 41.3 Å². The van der Waals surface area contributed by atoms with E-state index in [0.717, 1.165) is 19.0 Å². The molecule has 0 amide bonds. The van der Waals surface area contributed by atoms with Crippen molar-refractivity contribution in [3.8, 4) is 0 Å². The van der Waals surface area contributed by atoms with Gasteiger partial charge in [-0.2, -0.15) is 0 Å². The minimum absolute atomic E-state index is 0. The maximum Gasteiger partial charge on any atom is 0.191 e. The number of nitrogens with one attached hydrogen (secondary N) is 2. The van der Waals surface area contributed by atoms with Gasteiger partial charge in [-0.3, -0.25) is 0 Å². The van der Waals surface area contributed by atoms with E-state index in [9.17, 15) is 0 Å². The lowest BCUT2D eigenvalue weighted by Gasteiger charge is -2.10. The van der Waals surface area contributed by atoms with Crippen molar-refractivity contribution in [3.05, 3.63) is 46.4 Å². The van der Waals surface area contributed by atoms with Crippen LogP contribution in [0, 0.1) is 0 Å². The zero-order valence-electron chi connectivity index (χ0n) is 11.8. The third-order valence-corrected chi connectivity index (χ3v) is 3.54. The Morgan fingerprint density at radius 1 is 1.35 bits per heavy atom. The summed E-state index contributed by atoms with van der Waals surface area (Å²) < 4.78 is 2.04. The number of nitrogens with zero attached hydrogens (tertiary/aromatic N) is 2. The molecule has 2 aromatic rings. The van der Waals surface area contributed by atoms with E-state index in [1.54, 1.807) is 11.3 Å². The van der Waals surface area contributed by atoms with Gasteiger partial charge in [0, 0.05) is 30.9 Å². The first kappa shape index (κ1) is 17.0. The lowest BCUT2D eigenvalue weighted by molar-refractivity contribution is 0.822. The van der Waals surface area contributed by atoms with Crippen molar-refractivity contribution in [2.45, 2.75) is 20.0 Å². The number of guanidine groups is 1. The molecule has 0 fully saturated rings. The van der Waals surface area contributed by atoms with Crippen LogP contribution in [-0.4, -0.2) is 17.1 Å². The second-order valence-electron chi connectivity index (χ2n) is 4.31. The maximum atomic E-state index is 4.58. The molecule has 0 bridgehead atoms. The molecular weight excluding hydrogens is 383 g/mol. The Morgan fingerprint density at radius 3 is 2.80 bits per heavy atom. The van der Waals surface area contributed by atoms with E-state index in [4.69, 9.17) is 0 Å². The van der Waals surface area contributed by atoms with Gasteiger partial charge in [0.2, 0.25) is 0 Å². The van der Waals surface area contributed by atoms with Crippen LogP contribution >= 0.6 is 35.3 Å². The summed E-state index contributed by atoms with van der Waals surface area (Å²) in [6.45, 7) is 4.45. The van der Waals surface area contributed by atoms with Gasteiger partial charge >= 0.3 is 0 Å².